The summed E-state index contributed by atoms with van der Waals surface area (Å²) in [5.41, 5.74) is 1.64. The van der Waals surface area contributed by atoms with Crippen molar-refractivity contribution in [3.63, 3.8) is 0 Å². The number of amides is 1. The zero-order chi connectivity index (χ0) is 15.7. The smallest absolute Gasteiger partial charge is 0.267 e. The number of carbonyl (C=O) groups is 1. The number of anilines is 1. The fraction of sp³-hybridized carbons (Fsp3) is 0.125. The monoisotopic (exact) mass is 332 g/mol. The van der Waals surface area contributed by atoms with Gasteiger partial charge >= 0.3 is 0 Å². The number of thiazole rings is 1. The Bertz CT molecular complexity index is 825. The second-order valence-electron chi connectivity index (χ2n) is 4.85. The SMILES string of the molecule is Cc1ccc(NC(=O)c2sc(-c3cccs3)nc2C)c(F)c1. The lowest BCUT2D eigenvalue weighted by atomic mass is 10.2. The van der Waals surface area contributed by atoms with Crippen LogP contribution in [-0.4, -0.2) is 10.9 Å². The van der Waals surface area contributed by atoms with Gasteiger partial charge in [0.25, 0.3) is 5.91 Å². The van der Waals surface area contributed by atoms with Gasteiger partial charge in [0.1, 0.15) is 15.7 Å². The van der Waals surface area contributed by atoms with Crippen LogP contribution in [0.3, 0.4) is 0 Å². The van der Waals surface area contributed by atoms with Gasteiger partial charge in [-0.1, -0.05) is 12.1 Å². The number of rotatable bonds is 3. The van der Waals surface area contributed by atoms with Crippen LogP contribution in [0.2, 0.25) is 0 Å². The molecule has 1 amide bonds. The predicted molar refractivity (Wildman–Crippen MR) is 89.3 cm³/mol. The highest BCUT2D eigenvalue weighted by Crippen LogP contribution is 2.31. The molecular formula is C16H13FN2OS2. The number of hydrogen-bond acceptors (Lipinski definition) is 4. The first-order chi connectivity index (χ1) is 10.5. The van der Waals surface area contributed by atoms with Crippen LogP contribution in [0.25, 0.3) is 9.88 Å². The van der Waals surface area contributed by atoms with Crippen LogP contribution in [0.15, 0.2) is 35.7 Å². The van der Waals surface area contributed by atoms with Crippen LogP contribution < -0.4 is 5.32 Å². The molecule has 0 unspecified atom stereocenters. The molecule has 0 radical (unpaired) electrons. The highest BCUT2D eigenvalue weighted by Gasteiger charge is 2.18. The maximum Gasteiger partial charge on any atom is 0.267 e. The number of thiophene rings is 1. The van der Waals surface area contributed by atoms with Gasteiger partial charge in [-0.05, 0) is 43.0 Å². The van der Waals surface area contributed by atoms with E-state index in [1.54, 1.807) is 37.3 Å². The Morgan fingerprint density at radius 2 is 2.09 bits per heavy atom. The highest BCUT2D eigenvalue weighted by atomic mass is 32.1. The lowest BCUT2D eigenvalue weighted by Crippen LogP contribution is -2.12. The maximum atomic E-state index is 13.8. The van der Waals surface area contributed by atoms with E-state index in [1.807, 2.05) is 17.5 Å². The van der Waals surface area contributed by atoms with Gasteiger partial charge in [-0.2, -0.15) is 0 Å². The molecule has 2 heterocycles. The largest absolute Gasteiger partial charge is 0.319 e. The van der Waals surface area contributed by atoms with E-state index in [0.29, 0.717) is 10.6 Å². The first-order valence-corrected chi connectivity index (χ1v) is 8.33. The van der Waals surface area contributed by atoms with Crippen molar-refractivity contribution in [1.29, 1.82) is 0 Å². The third-order valence-corrected chi connectivity index (χ3v) is 5.30. The Morgan fingerprint density at radius 1 is 1.27 bits per heavy atom. The van der Waals surface area contributed by atoms with Crippen molar-refractivity contribution in [3.8, 4) is 9.88 Å². The Hall–Kier alpha value is -2.05. The molecule has 0 spiro atoms. The number of halogens is 1. The number of aromatic nitrogens is 1. The summed E-state index contributed by atoms with van der Waals surface area (Å²) in [6.07, 6.45) is 0. The zero-order valence-electron chi connectivity index (χ0n) is 12.0. The average molecular weight is 332 g/mol. The normalized spacial score (nSPS) is 10.7. The molecule has 112 valence electrons. The second kappa shape index (κ2) is 5.98. The van der Waals surface area contributed by atoms with E-state index in [4.69, 9.17) is 0 Å². The molecule has 3 nitrogen and oxygen atoms in total. The third kappa shape index (κ3) is 2.93. The summed E-state index contributed by atoms with van der Waals surface area (Å²) in [6.45, 7) is 3.59. The van der Waals surface area contributed by atoms with Gasteiger partial charge in [0.05, 0.1) is 16.3 Å². The van der Waals surface area contributed by atoms with Crippen molar-refractivity contribution in [2.75, 3.05) is 5.32 Å². The van der Waals surface area contributed by atoms with Crippen molar-refractivity contribution in [2.24, 2.45) is 0 Å². The minimum absolute atomic E-state index is 0.182. The molecule has 0 atom stereocenters. The highest BCUT2D eigenvalue weighted by molar-refractivity contribution is 7.22. The van der Waals surface area contributed by atoms with Crippen LogP contribution in [0, 0.1) is 19.7 Å². The molecule has 0 saturated carbocycles. The number of benzene rings is 1. The summed E-state index contributed by atoms with van der Waals surface area (Å²) < 4.78 is 13.8. The lowest BCUT2D eigenvalue weighted by molar-refractivity contribution is 0.102. The van der Waals surface area contributed by atoms with E-state index in [0.717, 1.165) is 15.4 Å². The quantitative estimate of drug-likeness (QED) is 0.743. The Kier molecular flexibility index (Phi) is 4.04. The molecular weight excluding hydrogens is 319 g/mol. The molecule has 6 heteroatoms. The molecule has 0 saturated heterocycles. The van der Waals surface area contributed by atoms with Crippen molar-refractivity contribution in [2.45, 2.75) is 13.8 Å². The molecule has 0 aliphatic heterocycles. The van der Waals surface area contributed by atoms with Gasteiger partial charge < -0.3 is 5.32 Å². The molecule has 22 heavy (non-hydrogen) atoms. The topological polar surface area (TPSA) is 42.0 Å². The lowest BCUT2D eigenvalue weighted by Gasteiger charge is -2.06. The van der Waals surface area contributed by atoms with Crippen LogP contribution in [-0.2, 0) is 0 Å². The molecule has 1 aromatic carbocycles. The molecule has 0 aliphatic carbocycles. The van der Waals surface area contributed by atoms with Crippen LogP contribution in [0.5, 0.6) is 0 Å². The summed E-state index contributed by atoms with van der Waals surface area (Å²) >= 11 is 2.89. The Morgan fingerprint density at radius 3 is 2.77 bits per heavy atom. The third-order valence-electron chi connectivity index (χ3n) is 3.11. The molecule has 3 aromatic rings. The average Bonchev–Trinajstić information content (AvgIpc) is 3.10. The number of hydrogen-bond donors (Lipinski definition) is 1. The molecule has 3 rings (SSSR count). The van der Waals surface area contributed by atoms with Crippen LogP contribution in [0.4, 0.5) is 10.1 Å². The van der Waals surface area contributed by atoms with Crippen molar-refractivity contribution < 1.29 is 9.18 Å². The predicted octanol–water partition coefficient (Wildman–Crippen LogP) is 4.88. The summed E-state index contributed by atoms with van der Waals surface area (Å²) in [7, 11) is 0. The minimum atomic E-state index is -0.436. The van der Waals surface area contributed by atoms with E-state index in [-0.39, 0.29) is 11.6 Å². The van der Waals surface area contributed by atoms with Crippen molar-refractivity contribution in [1.82, 2.24) is 4.98 Å². The van der Waals surface area contributed by atoms with Crippen molar-refractivity contribution >= 4 is 34.3 Å². The molecule has 0 fully saturated rings. The number of nitrogens with one attached hydrogen (secondary N) is 1. The molecule has 2 aromatic heterocycles. The fourth-order valence-corrected chi connectivity index (χ4v) is 3.77. The van der Waals surface area contributed by atoms with E-state index >= 15 is 0 Å². The fourth-order valence-electron chi connectivity index (χ4n) is 2.01. The molecule has 0 aliphatic rings. The maximum absolute atomic E-state index is 13.8. The van der Waals surface area contributed by atoms with Gasteiger partial charge in [0, 0.05) is 0 Å². The Balaban J connectivity index is 1.86. The summed E-state index contributed by atoms with van der Waals surface area (Å²) in [5, 5.41) is 5.39. The number of carbonyl (C=O) groups excluding carboxylic acids is 1. The van der Waals surface area contributed by atoms with Crippen molar-refractivity contribution in [3.05, 3.63) is 57.7 Å². The van der Waals surface area contributed by atoms with Gasteiger partial charge in [-0.3, -0.25) is 4.79 Å². The second-order valence-corrected chi connectivity index (χ2v) is 6.80. The first kappa shape index (κ1) is 14.9. The van der Waals surface area contributed by atoms with Gasteiger partial charge in [0.2, 0.25) is 0 Å². The Labute approximate surface area is 135 Å². The standard InChI is InChI=1S/C16H13FN2OS2/c1-9-5-6-12(11(17)8-9)19-15(20)14-10(2)18-16(22-14)13-4-3-7-21-13/h3-8H,1-2H3,(H,19,20). The van der Waals surface area contributed by atoms with Gasteiger partial charge in [-0.15, -0.1) is 22.7 Å². The van der Waals surface area contributed by atoms with Crippen LogP contribution in [0.1, 0.15) is 20.9 Å². The summed E-state index contributed by atoms with van der Waals surface area (Å²) in [5.74, 6) is -0.769. The summed E-state index contributed by atoms with van der Waals surface area (Å²) in [6, 6.07) is 8.63. The first-order valence-electron chi connectivity index (χ1n) is 6.63. The van der Waals surface area contributed by atoms with Gasteiger partial charge in [-0.25, -0.2) is 9.37 Å². The number of nitrogens with zero attached hydrogens (tertiary/aromatic N) is 1. The number of aryl methyl sites for hydroxylation is 2. The van der Waals surface area contributed by atoms with Crippen LogP contribution >= 0.6 is 22.7 Å². The summed E-state index contributed by atoms with van der Waals surface area (Å²) in [4.78, 5) is 18.3. The van der Waals surface area contributed by atoms with E-state index in [1.165, 1.54) is 17.4 Å². The minimum Gasteiger partial charge on any atom is -0.319 e. The molecule has 0 bridgehead atoms. The van der Waals surface area contributed by atoms with Gasteiger partial charge in [0.15, 0.2) is 0 Å². The van der Waals surface area contributed by atoms with E-state index in [2.05, 4.69) is 10.3 Å². The zero-order valence-corrected chi connectivity index (χ0v) is 13.6. The van der Waals surface area contributed by atoms with E-state index < -0.39 is 5.82 Å². The molecule has 1 N–H and O–H groups in total. The van der Waals surface area contributed by atoms with E-state index in [9.17, 15) is 9.18 Å².